The standard InChI is InChI=1S/C14H12O6S/c15-12-7-11(8-13(16)9-12)2-1-10-3-5-14(6-4-10)20-21(17,18)19/h1-9,15-16H,(H,17,18,19). The molecule has 0 unspecified atom stereocenters. The molecule has 2 rings (SSSR count). The fourth-order valence-electron chi connectivity index (χ4n) is 1.66. The van der Waals surface area contributed by atoms with Gasteiger partial charge in [-0.05, 0) is 35.4 Å². The number of phenols is 2. The highest BCUT2D eigenvalue weighted by molar-refractivity contribution is 7.81. The van der Waals surface area contributed by atoms with E-state index < -0.39 is 10.4 Å². The third kappa shape index (κ3) is 4.83. The molecule has 7 heteroatoms. The second kappa shape index (κ2) is 5.86. The van der Waals surface area contributed by atoms with E-state index in [-0.39, 0.29) is 17.2 Å². The normalized spacial score (nSPS) is 11.7. The van der Waals surface area contributed by atoms with Crippen LogP contribution in [-0.4, -0.2) is 23.2 Å². The predicted octanol–water partition coefficient (Wildman–Crippen LogP) is 2.45. The number of aromatic hydroxyl groups is 2. The summed E-state index contributed by atoms with van der Waals surface area (Å²) < 4.78 is 33.9. The summed E-state index contributed by atoms with van der Waals surface area (Å²) in [7, 11) is -4.53. The van der Waals surface area contributed by atoms with Gasteiger partial charge in [0.05, 0.1) is 0 Å². The average molecular weight is 308 g/mol. The molecule has 6 nitrogen and oxygen atoms in total. The summed E-state index contributed by atoms with van der Waals surface area (Å²) in [5, 5.41) is 18.7. The van der Waals surface area contributed by atoms with Gasteiger partial charge in [-0.3, -0.25) is 4.55 Å². The zero-order valence-electron chi connectivity index (χ0n) is 10.7. The quantitative estimate of drug-likeness (QED) is 0.592. The van der Waals surface area contributed by atoms with Gasteiger partial charge in [0, 0.05) is 6.07 Å². The van der Waals surface area contributed by atoms with Gasteiger partial charge >= 0.3 is 10.4 Å². The van der Waals surface area contributed by atoms with E-state index >= 15 is 0 Å². The van der Waals surface area contributed by atoms with Gasteiger partial charge in [0.1, 0.15) is 17.2 Å². The van der Waals surface area contributed by atoms with Crippen molar-refractivity contribution in [3.8, 4) is 17.2 Å². The minimum atomic E-state index is -4.53. The Morgan fingerprint density at radius 2 is 1.38 bits per heavy atom. The Balaban J connectivity index is 2.14. The van der Waals surface area contributed by atoms with Crippen LogP contribution in [0.1, 0.15) is 11.1 Å². The molecule has 0 aromatic heterocycles. The van der Waals surface area contributed by atoms with Crippen LogP contribution in [-0.2, 0) is 10.4 Å². The van der Waals surface area contributed by atoms with E-state index in [9.17, 15) is 18.6 Å². The summed E-state index contributed by atoms with van der Waals surface area (Å²) in [4.78, 5) is 0. The van der Waals surface area contributed by atoms with E-state index in [0.717, 1.165) is 5.56 Å². The lowest BCUT2D eigenvalue weighted by Crippen LogP contribution is -2.06. The second-order valence-electron chi connectivity index (χ2n) is 4.20. The third-order valence-electron chi connectivity index (χ3n) is 2.47. The topological polar surface area (TPSA) is 104 Å². The van der Waals surface area contributed by atoms with Crippen LogP contribution in [0, 0.1) is 0 Å². The molecule has 0 bridgehead atoms. The Kier molecular flexibility index (Phi) is 4.15. The molecule has 0 saturated carbocycles. The first-order valence-corrected chi connectivity index (χ1v) is 7.16. The highest BCUT2D eigenvalue weighted by Crippen LogP contribution is 2.22. The fraction of sp³-hybridized carbons (Fsp3) is 0. The maximum atomic E-state index is 10.5. The van der Waals surface area contributed by atoms with Crippen LogP contribution in [0.4, 0.5) is 0 Å². The Hall–Kier alpha value is -2.51. The number of phenolic OH excluding ortho intramolecular Hbond substituents is 2. The summed E-state index contributed by atoms with van der Waals surface area (Å²) >= 11 is 0. The van der Waals surface area contributed by atoms with Gasteiger partial charge in [0.25, 0.3) is 0 Å². The van der Waals surface area contributed by atoms with Gasteiger partial charge in [-0.15, -0.1) is 0 Å². The Labute approximate surface area is 121 Å². The van der Waals surface area contributed by atoms with Crippen molar-refractivity contribution in [3.63, 3.8) is 0 Å². The molecular formula is C14H12O6S. The van der Waals surface area contributed by atoms with Crippen LogP contribution in [0.25, 0.3) is 12.2 Å². The number of hydrogen-bond acceptors (Lipinski definition) is 5. The molecule has 0 heterocycles. The Morgan fingerprint density at radius 3 is 1.90 bits per heavy atom. The van der Waals surface area contributed by atoms with Crippen molar-refractivity contribution in [3.05, 3.63) is 53.6 Å². The van der Waals surface area contributed by atoms with Crippen molar-refractivity contribution in [2.24, 2.45) is 0 Å². The maximum absolute atomic E-state index is 10.5. The SMILES string of the molecule is O=S(=O)(O)Oc1ccc(C=Cc2cc(O)cc(O)c2)cc1. The molecule has 2 aromatic carbocycles. The average Bonchev–Trinajstić information content (AvgIpc) is 2.35. The largest absolute Gasteiger partial charge is 0.508 e. The van der Waals surface area contributed by atoms with Crippen molar-refractivity contribution in [1.29, 1.82) is 0 Å². The van der Waals surface area contributed by atoms with E-state index in [0.29, 0.717) is 5.56 Å². The molecule has 0 spiro atoms. The van der Waals surface area contributed by atoms with Crippen LogP contribution in [0.3, 0.4) is 0 Å². The number of hydrogen-bond donors (Lipinski definition) is 3. The molecule has 2 aromatic rings. The molecule has 0 atom stereocenters. The predicted molar refractivity (Wildman–Crippen MR) is 77.3 cm³/mol. The third-order valence-corrected chi connectivity index (χ3v) is 2.88. The van der Waals surface area contributed by atoms with Gasteiger partial charge < -0.3 is 14.4 Å². The van der Waals surface area contributed by atoms with Gasteiger partial charge in [0.15, 0.2) is 0 Å². The van der Waals surface area contributed by atoms with Gasteiger partial charge in [-0.1, -0.05) is 24.3 Å². The lowest BCUT2D eigenvalue weighted by atomic mass is 10.1. The molecular weight excluding hydrogens is 296 g/mol. The van der Waals surface area contributed by atoms with Crippen molar-refractivity contribution >= 4 is 22.6 Å². The fourth-order valence-corrected chi connectivity index (χ4v) is 2.02. The maximum Gasteiger partial charge on any atom is 0.446 e. The summed E-state index contributed by atoms with van der Waals surface area (Å²) in [6, 6.07) is 10.1. The van der Waals surface area contributed by atoms with Crippen molar-refractivity contribution in [2.45, 2.75) is 0 Å². The number of benzene rings is 2. The van der Waals surface area contributed by atoms with Crippen LogP contribution < -0.4 is 4.18 Å². The summed E-state index contributed by atoms with van der Waals surface area (Å²) in [6.45, 7) is 0. The summed E-state index contributed by atoms with van der Waals surface area (Å²) in [5.41, 5.74) is 1.34. The van der Waals surface area contributed by atoms with Gasteiger partial charge in [0.2, 0.25) is 0 Å². The molecule has 0 amide bonds. The molecule has 0 fully saturated rings. The zero-order chi connectivity index (χ0) is 15.5. The van der Waals surface area contributed by atoms with E-state index in [2.05, 4.69) is 4.18 Å². The van der Waals surface area contributed by atoms with E-state index in [1.54, 1.807) is 24.3 Å². The van der Waals surface area contributed by atoms with Crippen LogP contribution >= 0.6 is 0 Å². The van der Waals surface area contributed by atoms with Crippen molar-refractivity contribution in [2.75, 3.05) is 0 Å². The van der Waals surface area contributed by atoms with Crippen LogP contribution in [0.2, 0.25) is 0 Å². The summed E-state index contributed by atoms with van der Waals surface area (Å²) in [6.07, 6.45) is 3.36. The molecule has 0 radical (unpaired) electrons. The second-order valence-corrected chi connectivity index (χ2v) is 5.22. The molecule has 0 aliphatic carbocycles. The van der Waals surface area contributed by atoms with E-state index in [1.165, 1.54) is 30.3 Å². The van der Waals surface area contributed by atoms with Crippen LogP contribution in [0.15, 0.2) is 42.5 Å². The highest BCUT2D eigenvalue weighted by Gasteiger charge is 2.05. The monoisotopic (exact) mass is 308 g/mol. The van der Waals surface area contributed by atoms with Crippen molar-refractivity contribution in [1.82, 2.24) is 0 Å². The van der Waals surface area contributed by atoms with Gasteiger partial charge in [-0.2, -0.15) is 8.42 Å². The Morgan fingerprint density at radius 1 is 0.857 bits per heavy atom. The first kappa shape index (κ1) is 14.9. The van der Waals surface area contributed by atoms with Crippen LogP contribution in [0.5, 0.6) is 17.2 Å². The Bertz CT molecular complexity index is 742. The molecule has 0 aliphatic heterocycles. The minimum absolute atomic E-state index is 0.00958. The molecule has 21 heavy (non-hydrogen) atoms. The first-order valence-electron chi connectivity index (χ1n) is 5.80. The summed E-state index contributed by atoms with van der Waals surface area (Å²) in [5.74, 6) is -0.109. The molecule has 110 valence electrons. The van der Waals surface area contributed by atoms with Gasteiger partial charge in [-0.25, -0.2) is 0 Å². The molecule has 0 aliphatic rings. The van der Waals surface area contributed by atoms with E-state index in [4.69, 9.17) is 4.55 Å². The smallest absolute Gasteiger partial charge is 0.446 e. The first-order chi connectivity index (χ1) is 9.82. The number of rotatable bonds is 4. The lowest BCUT2D eigenvalue weighted by Gasteiger charge is -2.01. The van der Waals surface area contributed by atoms with E-state index in [1.807, 2.05) is 0 Å². The highest BCUT2D eigenvalue weighted by atomic mass is 32.3. The van der Waals surface area contributed by atoms with Crippen molar-refractivity contribution < 1.29 is 27.4 Å². The molecule has 3 N–H and O–H groups in total. The molecule has 0 saturated heterocycles. The minimum Gasteiger partial charge on any atom is -0.508 e. The lowest BCUT2D eigenvalue weighted by molar-refractivity contribution is 0.387. The zero-order valence-corrected chi connectivity index (χ0v) is 11.5.